The number of carbonyl (C=O) groups excluding carboxylic acids is 1. The molecule has 170 valence electrons. The molecule has 1 fully saturated rings. The van der Waals surface area contributed by atoms with Crippen molar-refractivity contribution in [3.05, 3.63) is 114 Å². The zero-order valence-corrected chi connectivity index (χ0v) is 19.1. The van der Waals surface area contributed by atoms with E-state index in [2.05, 4.69) is 10.3 Å². The van der Waals surface area contributed by atoms with Crippen molar-refractivity contribution in [3.8, 4) is 5.69 Å². The number of methoxy groups -OCH3 is 1. The first kappa shape index (κ1) is 21.8. The third-order valence-corrected chi connectivity index (χ3v) is 6.17. The van der Waals surface area contributed by atoms with Gasteiger partial charge in [-0.3, -0.25) is 4.98 Å². The number of esters is 1. The molecule has 34 heavy (non-hydrogen) atoms. The van der Waals surface area contributed by atoms with Crippen LogP contribution in [0.1, 0.15) is 33.8 Å². The van der Waals surface area contributed by atoms with Crippen molar-refractivity contribution < 1.29 is 13.9 Å². The highest BCUT2D eigenvalue weighted by molar-refractivity contribution is 7.80. The molecule has 1 aliphatic rings. The molecule has 0 saturated carbocycles. The predicted molar refractivity (Wildman–Crippen MR) is 131 cm³/mol. The molecule has 4 aromatic rings. The molecule has 1 saturated heterocycles. The number of pyridine rings is 1. The summed E-state index contributed by atoms with van der Waals surface area (Å²) < 4.78 is 20.7. The fraction of sp³-hybridized carbons (Fsp3) is 0.115. The number of halogens is 1. The molecular weight excluding hydrogens is 451 g/mol. The number of benzene rings is 2. The van der Waals surface area contributed by atoms with Crippen LogP contribution in [-0.2, 0) is 4.74 Å². The Hall–Kier alpha value is -4.04. The Balaban J connectivity index is 1.69. The lowest BCUT2D eigenvalue weighted by molar-refractivity contribution is 0.0600. The maximum Gasteiger partial charge on any atom is 0.339 e. The van der Waals surface area contributed by atoms with Crippen LogP contribution in [0.25, 0.3) is 5.69 Å². The van der Waals surface area contributed by atoms with Gasteiger partial charge in [0.05, 0.1) is 30.1 Å². The van der Waals surface area contributed by atoms with Crippen LogP contribution in [0.4, 0.5) is 10.1 Å². The maximum atomic E-state index is 13.7. The summed E-state index contributed by atoms with van der Waals surface area (Å²) in [6.45, 7) is 0. The number of nitrogens with zero attached hydrogens (tertiary/aromatic N) is 3. The number of rotatable bonds is 5. The van der Waals surface area contributed by atoms with Crippen LogP contribution in [0.5, 0.6) is 0 Å². The van der Waals surface area contributed by atoms with Gasteiger partial charge >= 0.3 is 5.97 Å². The first-order valence-electron chi connectivity index (χ1n) is 10.7. The van der Waals surface area contributed by atoms with E-state index >= 15 is 0 Å². The molecule has 2 aromatic carbocycles. The first-order chi connectivity index (χ1) is 16.6. The Morgan fingerprint density at radius 1 is 1.03 bits per heavy atom. The summed E-state index contributed by atoms with van der Waals surface area (Å²) in [4.78, 5) is 19.0. The average molecular weight is 473 g/mol. The van der Waals surface area contributed by atoms with Crippen LogP contribution < -0.4 is 10.2 Å². The summed E-state index contributed by atoms with van der Waals surface area (Å²) in [6.07, 6.45) is 3.64. The zero-order valence-electron chi connectivity index (χ0n) is 18.3. The lowest BCUT2D eigenvalue weighted by Gasteiger charge is -2.29. The summed E-state index contributed by atoms with van der Waals surface area (Å²) in [5.74, 6) is -0.748. The minimum atomic E-state index is -0.424. The average Bonchev–Trinajstić information content (AvgIpc) is 3.49. The normalized spacial score (nSPS) is 17.5. The number of anilines is 1. The molecule has 6 nitrogen and oxygen atoms in total. The minimum absolute atomic E-state index is 0.280. The fourth-order valence-electron chi connectivity index (χ4n) is 4.36. The van der Waals surface area contributed by atoms with Crippen molar-refractivity contribution in [2.24, 2.45) is 0 Å². The number of thiocarbonyl (C=S) groups is 1. The second-order valence-electron chi connectivity index (χ2n) is 7.78. The van der Waals surface area contributed by atoms with Crippen molar-refractivity contribution >= 4 is 29.0 Å². The summed E-state index contributed by atoms with van der Waals surface area (Å²) in [5.41, 5.74) is 3.57. The monoisotopic (exact) mass is 472 g/mol. The second kappa shape index (κ2) is 9.07. The van der Waals surface area contributed by atoms with E-state index in [-0.39, 0.29) is 17.9 Å². The molecule has 0 aliphatic carbocycles. The van der Waals surface area contributed by atoms with Gasteiger partial charge in [0.25, 0.3) is 0 Å². The third kappa shape index (κ3) is 3.82. The number of nitrogens with one attached hydrogen (secondary N) is 1. The molecule has 2 aromatic heterocycles. The van der Waals surface area contributed by atoms with Gasteiger partial charge in [-0.05, 0) is 72.9 Å². The molecule has 2 atom stereocenters. The molecule has 8 heteroatoms. The van der Waals surface area contributed by atoms with Gasteiger partial charge in [0, 0.05) is 23.8 Å². The lowest BCUT2D eigenvalue weighted by Crippen LogP contribution is -2.30. The lowest BCUT2D eigenvalue weighted by atomic mass is 10.0. The number of hydrogen-bond donors (Lipinski definition) is 1. The van der Waals surface area contributed by atoms with E-state index in [1.807, 2.05) is 58.1 Å². The van der Waals surface area contributed by atoms with Crippen LogP contribution in [0.2, 0.25) is 0 Å². The molecule has 0 radical (unpaired) electrons. The van der Waals surface area contributed by atoms with E-state index in [0.29, 0.717) is 16.4 Å². The van der Waals surface area contributed by atoms with Gasteiger partial charge in [0.1, 0.15) is 11.9 Å². The standard InChI is InChI=1S/C26H21FN4O2S/c1-33-25(32)19-7-2-3-9-21(19)30-16-6-10-22(30)24-23(20-8-4-5-15-28-20)29-26(34)31(24)18-13-11-17(27)12-14-18/h2-16,23-24H,1H3,(H,29,34)/t23-,24+/m0/s1. The Morgan fingerprint density at radius 2 is 1.79 bits per heavy atom. The summed E-state index contributed by atoms with van der Waals surface area (Å²) in [7, 11) is 1.36. The Kier molecular flexibility index (Phi) is 5.81. The Labute approximate surface area is 201 Å². The van der Waals surface area contributed by atoms with Crippen molar-refractivity contribution in [3.63, 3.8) is 0 Å². The summed E-state index contributed by atoms with van der Waals surface area (Å²) >= 11 is 5.74. The minimum Gasteiger partial charge on any atom is -0.465 e. The number of hydrogen-bond acceptors (Lipinski definition) is 4. The van der Waals surface area contributed by atoms with E-state index in [4.69, 9.17) is 17.0 Å². The van der Waals surface area contributed by atoms with Crippen molar-refractivity contribution in [1.82, 2.24) is 14.9 Å². The van der Waals surface area contributed by atoms with E-state index < -0.39 is 5.97 Å². The fourth-order valence-corrected chi connectivity index (χ4v) is 4.70. The summed E-state index contributed by atoms with van der Waals surface area (Å²) in [6, 6.07) is 22.5. The van der Waals surface area contributed by atoms with Crippen LogP contribution in [0.15, 0.2) is 91.3 Å². The molecular formula is C26H21FN4O2S. The number of aromatic nitrogens is 2. The highest BCUT2D eigenvalue weighted by atomic mass is 32.1. The smallest absolute Gasteiger partial charge is 0.339 e. The van der Waals surface area contributed by atoms with Gasteiger partial charge in [0.2, 0.25) is 0 Å². The highest BCUT2D eigenvalue weighted by Gasteiger charge is 2.42. The summed E-state index contributed by atoms with van der Waals surface area (Å²) in [5, 5.41) is 3.90. The van der Waals surface area contributed by atoms with Crippen molar-refractivity contribution in [2.45, 2.75) is 12.1 Å². The molecule has 0 unspecified atom stereocenters. The number of para-hydroxylation sites is 1. The molecule has 5 rings (SSSR count). The predicted octanol–water partition coefficient (Wildman–Crippen LogP) is 4.98. The van der Waals surface area contributed by atoms with Gasteiger partial charge in [-0.25, -0.2) is 9.18 Å². The Morgan fingerprint density at radius 3 is 2.53 bits per heavy atom. The van der Waals surface area contributed by atoms with Crippen molar-refractivity contribution in [1.29, 1.82) is 0 Å². The number of ether oxygens (including phenoxy) is 1. The van der Waals surface area contributed by atoms with Crippen LogP contribution >= 0.6 is 12.2 Å². The molecule has 1 N–H and O–H groups in total. The molecule has 1 aliphatic heterocycles. The highest BCUT2D eigenvalue weighted by Crippen LogP contribution is 2.42. The second-order valence-corrected chi connectivity index (χ2v) is 8.17. The quantitative estimate of drug-likeness (QED) is 0.327. The Bertz CT molecular complexity index is 1340. The van der Waals surface area contributed by atoms with Gasteiger partial charge in [-0.2, -0.15) is 0 Å². The largest absolute Gasteiger partial charge is 0.465 e. The van der Waals surface area contributed by atoms with Crippen LogP contribution in [0, 0.1) is 5.82 Å². The van der Waals surface area contributed by atoms with E-state index in [0.717, 1.165) is 17.1 Å². The van der Waals surface area contributed by atoms with E-state index in [1.54, 1.807) is 30.5 Å². The molecule has 0 amide bonds. The van der Waals surface area contributed by atoms with Gasteiger partial charge in [0.15, 0.2) is 5.11 Å². The van der Waals surface area contributed by atoms with E-state index in [9.17, 15) is 9.18 Å². The number of carbonyl (C=O) groups is 1. The van der Waals surface area contributed by atoms with Gasteiger partial charge in [-0.15, -0.1) is 0 Å². The van der Waals surface area contributed by atoms with Crippen LogP contribution in [-0.4, -0.2) is 27.7 Å². The molecule has 0 spiro atoms. The SMILES string of the molecule is COC(=O)c1ccccc1-n1cccc1[C@@H]1[C@H](c2ccccn2)NC(=S)N1c1ccc(F)cc1. The van der Waals surface area contributed by atoms with E-state index in [1.165, 1.54) is 19.2 Å². The van der Waals surface area contributed by atoms with Crippen LogP contribution in [0.3, 0.4) is 0 Å². The van der Waals surface area contributed by atoms with Gasteiger partial charge < -0.3 is 19.5 Å². The van der Waals surface area contributed by atoms with Gasteiger partial charge in [-0.1, -0.05) is 18.2 Å². The topological polar surface area (TPSA) is 59.4 Å². The maximum absolute atomic E-state index is 13.7. The molecule has 0 bridgehead atoms. The van der Waals surface area contributed by atoms with Crippen molar-refractivity contribution in [2.75, 3.05) is 12.0 Å². The molecule has 3 heterocycles. The first-order valence-corrected chi connectivity index (χ1v) is 11.1. The zero-order chi connectivity index (χ0) is 23.7. The third-order valence-electron chi connectivity index (χ3n) is 5.86.